The Morgan fingerprint density at radius 3 is 2.31 bits per heavy atom. The van der Waals surface area contributed by atoms with Gasteiger partial charge in [0.05, 0.1) is 0 Å². The molecule has 0 aliphatic carbocycles. The van der Waals surface area contributed by atoms with Crippen LogP contribution in [0.5, 0.6) is 11.5 Å². The van der Waals surface area contributed by atoms with E-state index in [0.29, 0.717) is 6.42 Å². The quantitative estimate of drug-likeness (QED) is 0.463. The van der Waals surface area contributed by atoms with Gasteiger partial charge in [0.25, 0.3) is 8.32 Å². The molecule has 1 heterocycles. The second kappa shape index (κ2) is 7.03. The number of fused-ring (bicyclic) bond motifs is 1. The highest BCUT2D eigenvalue weighted by Gasteiger charge is 2.41. The molecule has 1 aliphatic heterocycles. The van der Waals surface area contributed by atoms with E-state index in [-0.39, 0.29) is 10.6 Å². The SMILES string of the molecule is Cc1c(C)c2c(c(C)c1O[Si](C)(C)C(C)(C)C)CCC(C)(CCC=O)O2. The fourth-order valence-electron chi connectivity index (χ4n) is 3.38. The molecule has 0 amide bonds. The van der Waals surface area contributed by atoms with Crippen molar-refractivity contribution in [1.82, 2.24) is 0 Å². The van der Waals surface area contributed by atoms with Crippen LogP contribution in [-0.2, 0) is 11.2 Å². The molecule has 1 atom stereocenters. The lowest BCUT2D eigenvalue weighted by Gasteiger charge is -2.40. The zero-order valence-corrected chi connectivity index (χ0v) is 19.1. The van der Waals surface area contributed by atoms with Crippen molar-refractivity contribution >= 4 is 14.6 Å². The molecule has 146 valence electrons. The van der Waals surface area contributed by atoms with Gasteiger partial charge in [-0.3, -0.25) is 0 Å². The largest absolute Gasteiger partial charge is 0.543 e. The first kappa shape index (κ1) is 21.0. The average Bonchev–Trinajstić information content (AvgIpc) is 2.54. The Labute approximate surface area is 160 Å². The summed E-state index contributed by atoms with van der Waals surface area (Å²) in [5.41, 5.74) is 4.62. The number of hydrogen-bond acceptors (Lipinski definition) is 3. The smallest absolute Gasteiger partial charge is 0.250 e. The van der Waals surface area contributed by atoms with Crippen molar-refractivity contribution < 1.29 is 14.0 Å². The third kappa shape index (κ3) is 3.85. The molecule has 0 fully saturated rings. The molecular formula is C22H36O3Si. The van der Waals surface area contributed by atoms with Crippen LogP contribution in [0.15, 0.2) is 0 Å². The Balaban J connectivity index is 2.46. The molecule has 1 aromatic carbocycles. The van der Waals surface area contributed by atoms with Gasteiger partial charge in [0.15, 0.2) is 0 Å². The predicted octanol–water partition coefficient (Wildman–Crippen LogP) is 6.06. The number of rotatable bonds is 5. The van der Waals surface area contributed by atoms with Gasteiger partial charge in [0.2, 0.25) is 0 Å². The first-order chi connectivity index (χ1) is 11.8. The standard InChI is InChI=1S/C22H36O3Si/c1-15-16(2)20-18(11-13-22(7,24-20)12-10-14-23)17(3)19(15)25-26(8,9)21(4,5)6/h14H,10-13H2,1-9H3. The van der Waals surface area contributed by atoms with Gasteiger partial charge in [-0.2, -0.15) is 0 Å². The zero-order valence-electron chi connectivity index (χ0n) is 18.1. The summed E-state index contributed by atoms with van der Waals surface area (Å²) in [6, 6.07) is 0. The minimum Gasteiger partial charge on any atom is -0.543 e. The lowest BCUT2D eigenvalue weighted by molar-refractivity contribution is -0.108. The third-order valence-corrected chi connectivity index (χ3v) is 10.8. The van der Waals surface area contributed by atoms with Crippen LogP contribution in [0.2, 0.25) is 18.1 Å². The highest BCUT2D eigenvalue weighted by Crippen LogP contribution is 2.47. The van der Waals surface area contributed by atoms with Crippen LogP contribution >= 0.6 is 0 Å². The Kier molecular flexibility index (Phi) is 5.68. The molecule has 0 aromatic heterocycles. The maximum Gasteiger partial charge on any atom is 0.250 e. The van der Waals surface area contributed by atoms with Gasteiger partial charge in [-0.1, -0.05) is 20.8 Å². The Bertz CT molecular complexity index is 701. The van der Waals surface area contributed by atoms with Crippen LogP contribution in [0.25, 0.3) is 0 Å². The maximum absolute atomic E-state index is 10.8. The molecule has 0 saturated heterocycles. The van der Waals surface area contributed by atoms with Gasteiger partial charge in [0.1, 0.15) is 23.4 Å². The summed E-state index contributed by atoms with van der Waals surface area (Å²) in [6.07, 6.45) is 4.23. The second-order valence-electron chi connectivity index (χ2n) is 9.63. The van der Waals surface area contributed by atoms with Gasteiger partial charge in [-0.15, -0.1) is 0 Å². The molecule has 0 N–H and O–H groups in total. The zero-order chi connectivity index (χ0) is 19.9. The monoisotopic (exact) mass is 376 g/mol. The van der Waals surface area contributed by atoms with Crippen molar-refractivity contribution in [3.05, 3.63) is 22.3 Å². The molecule has 26 heavy (non-hydrogen) atoms. The van der Waals surface area contributed by atoms with Crippen molar-refractivity contribution in [2.45, 2.75) is 97.9 Å². The van der Waals surface area contributed by atoms with Crippen molar-refractivity contribution in [1.29, 1.82) is 0 Å². The molecule has 0 spiro atoms. The highest BCUT2D eigenvalue weighted by molar-refractivity contribution is 6.74. The minimum atomic E-state index is -1.90. The van der Waals surface area contributed by atoms with Crippen LogP contribution in [-0.4, -0.2) is 20.2 Å². The summed E-state index contributed by atoms with van der Waals surface area (Å²) >= 11 is 0. The first-order valence-corrected chi connectivity index (χ1v) is 12.7. The third-order valence-electron chi connectivity index (χ3n) is 6.52. The Morgan fingerprint density at radius 2 is 1.77 bits per heavy atom. The summed E-state index contributed by atoms with van der Waals surface area (Å²) in [5, 5.41) is 0.166. The van der Waals surface area contributed by atoms with Crippen LogP contribution in [0, 0.1) is 20.8 Å². The summed E-state index contributed by atoms with van der Waals surface area (Å²) in [6.45, 7) is 20.0. The van der Waals surface area contributed by atoms with Crippen molar-refractivity contribution in [2.75, 3.05) is 0 Å². The highest BCUT2D eigenvalue weighted by atomic mass is 28.4. The molecule has 0 saturated carbocycles. The summed E-state index contributed by atoms with van der Waals surface area (Å²) in [7, 11) is -1.90. The first-order valence-electron chi connectivity index (χ1n) is 9.77. The number of aldehydes is 1. The summed E-state index contributed by atoms with van der Waals surface area (Å²) in [4.78, 5) is 10.8. The minimum absolute atomic E-state index is 0.166. The van der Waals surface area contributed by atoms with Gasteiger partial charge >= 0.3 is 0 Å². The van der Waals surface area contributed by atoms with Crippen LogP contribution in [0.1, 0.15) is 69.2 Å². The number of ether oxygens (including phenoxy) is 1. The van der Waals surface area contributed by atoms with Crippen LogP contribution in [0.4, 0.5) is 0 Å². The van der Waals surface area contributed by atoms with Gasteiger partial charge in [-0.25, -0.2) is 0 Å². The van der Waals surface area contributed by atoms with E-state index in [2.05, 4.69) is 61.6 Å². The van der Waals surface area contributed by atoms with Crippen molar-refractivity contribution in [3.63, 3.8) is 0 Å². The van der Waals surface area contributed by atoms with Crippen molar-refractivity contribution in [3.8, 4) is 11.5 Å². The van der Waals surface area contributed by atoms with E-state index < -0.39 is 8.32 Å². The lowest BCUT2D eigenvalue weighted by Crippen LogP contribution is -2.44. The van der Waals surface area contributed by atoms with Crippen molar-refractivity contribution in [2.24, 2.45) is 0 Å². The van der Waals surface area contributed by atoms with E-state index in [1.54, 1.807) is 0 Å². The van der Waals surface area contributed by atoms with E-state index in [1.807, 2.05) is 0 Å². The summed E-state index contributed by atoms with van der Waals surface area (Å²) < 4.78 is 13.2. The molecule has 3 nitrogen and oxygen atoms in total. The normalized spacial score (nSPS) is 20.3. The van der Waals surface area contributed by atoms with E-state index in [0.717, 1.165) is 37.0 Å². The topological polar surface area (TPSA) is 35.5 Å². The van der Waals surface area contributed by atoms with Crippen LogP contribution in [0.3, 0.4) is 0 Å². The molecule has 1 unspecified atom stereocenters. The second-order valence-corrected chi connectivity index (χ2v) is 14.4. The fraction of sp³-hybridized carbons (Fsp3) is 0.682. The van der Waals surface area contributed by atoms with Crippen LogP contribution < -0.4 is 9.16 Å². The van der Waals surface area contributed by atoms with E-state index in [9.17, 15) is 4.79 Å². The predicted molar refractivity (Wildman–Crippen MR) is 111 cm³/mol. The molecular weight excluding hydrogens is 340 g/mol. The summed E-state index contributed by atoms with van der Waals surface area (Å²) in [5.74, 6) is 2.08. The number of hydrogen-bond donors (Lipinski definition) is 0. The Morgan fingerprint density at radius 1 is 1.15 bits per heavy atom. The average molecular weight is 377 g/mol. The molecule has 0 radical (unpaired) electrons. The fourth-order valence-corrected chi connectivity index (χ4v) is 4.51. The van der Waals surface area contributed by atoms with Gasteiger partial charge < -0.3 is 14.0 Å². The Hall–Kier alpha value is -1.29. The number of benzene rings is 1. The molecule has 1 aromatic rings. The lowest BCUT2D eigenvalue weighted by atomic mass is 9.85. The maximum atomic E-state index is 10.8. The van der Waals surface area contributed by atoms with Gasteiger partial charge in [0, 0.05) is 12.0 Å². The molecule has 4 heteroatoms. The number of carbonyl (C=O) groups is 1. The number of carbonyl (C=O) groups excluding carboxylic acids is 1. The molecule has 1 aliphatic rings. The molecule has 2 rings (SSSR count). The molecule has 0 bridgehead atoms. The van der Waals surface area contributed by atoms with E-state index in [1.165, 1.54) is 22.3 Å². The van der Waals surface area contributed by atoms with E-state index in [4.69, 9.17) is 9.16 Å². The van der Waals surface area contributed by atoms with Gasteiger partial charge in [-0.05, 0) is 81.8 Å². The van der Waals surface area contributed by atoms with E-state index >= 15 is 0 Å².